The van der Waals surface area contributed by atoms with E-state index in [9.17, 15) is 18.0 Å². The molecule has 1 aromatic carbocycles. The van der Waals surface area contributed by atoms with Crippen LogP contribution in [0.2, 0.25) is 10.0 Å². The van der Waals surface area contributed by atoms with Crippen LogP contribution in [0.1, 0.15) is 13.8 Å². The Morgan fingerprint density at radius 2 is 1.69 bits per heavy atom. The molecule has 11 heteroatoms. The van der Waals surface area contributed by atoms with E-state index in [4.69, 9.17) is 23.2 Å². The molecule has 2 amide bonds. The zero-order valence-corrected chi connectivity index (χ0v) is 16.7. The molecule has 2 rings (SSSR count). The fourth-order valence-electron chi connectivity index (χ4n) is 2.54. The first-order chi connectivity index (χ1) is 12.1. The monoisotopic (exact) mass is 422 g/mol. The SMILES string of the molecule is CC(=O)NNC(=O)[C@@H](C)N1CCN(S(=O)(=O)c2ccc(Cl)c(Cl)c2)CC1. The number of rotatable bonds is 4. The molecule has 26 heavy (non-hydrogen) atoms. The number of halogens is 2. The van der Waals surface area contributed by atoms with Crippen LogP contribution in [0, 0.1) is 0 Å². The third kappa shape index (κ3) is 4.86. The lowest BCUT2D eigenvalue weighted by molar-refractivity contribution is -0.131. The Morgan fingerprint density at radius 3 is 2.23 bits per heavy atom. The Balaban J connectivity index is 1.99. The fraction of sp³-hybridized carbons (Fsp3) is 0.467. The second kappa shape index (κ2) is 8.53. The first-order valence-corrected chi connectivity index (χ1v) is 10.1. The average Bonchev–Trinajstić information content (AvgIpc) is 2.61. The van der Waals surface area contributed by atoms with Crippen LogP contribution in [0.15, 0.2) is 23.1 Å². The van der Waals surface area contributed by atoms with Crippen molar-refractivity contribution in [1.82, 2.24) is 20.1 Å². The van der Waals surface area contributed by atoms with E-state index in [0.717, 1.165) is 0 Å². The van der Waals surface area contributed by atoms with Crippen LogP contribution in [-0.4, -0.2) is 61.7 Å². The van der Waals surface area contributed by atoms with Crippen LogP contribution in [0.3, 0.4) is 0 Å². The number of benzene rings is 1. The summed E-state index contributed by atoms with van der Waals surface area (Å²) in [4.78, 5) is 24.8. The van der Waals surface area contributed by atoms with Gasteiger partial charge in [-0.15, -0.1) is 0 Å². The first-order valence-electron chi connectivity index (χ1n) is 7.88. The zero-order chi connectivity index (χ0) is 19.5. The lowest BCUT2D eigenvalue weighted by atomic mass is 10.2. The maximum atomic E-state index is 12.7. The Hall–Kier alpha value is -1.39. The molecule has 1 saturated heterocycles. The summed E-state index contributed by atoms with van der Waals surface area (Å²) in [7, 11) is -3.69. The van der Waals surface area contributed by atoms with Crippen molar-refractivity contribution in [1.29, 1.82) is 0 Å². The number of carbonyl (C=O) groups excluding carboxylic acids is 2. The number of amides is 2. The van der Waals surface area contributed by atoms with E-state index in [0.29, 0.717) is 13.1 Å². The highest BCUT2D eigenvalue weighted by Gasteiger charge is 2.32. The van der Waals surface area contributed by atoms with Gasteiger partial charge in [-0.05, 0) is 25.1 Å². The summed E-state index contributed by atoms with van der Waals surface area (Å²) >= 11 is 11.7. The van der Waals surface area contributed by atoms with Crippen molar-refractivity contribution in [3.63, 3.8) is 0 Å². The summed E-state index contributed by atoms with van der Waals surface area (Å²) in [6.07, 6.45) is 0. The molecule has 1 aliphatic rings. The predicted octanol–water partition coefficient (Wildman–Crippen LogP) is 0.856. The van der Waals surface area contributed by atoms with Crippen LogP contribution < -0.4 is 10.9 Å². The summed E-state index contributed by atoms with van der Waals surface area (Å²) in [6.45, 7) is 4.23. The van der Waals surface area contributed by atoms with Crippen LogP contribution in [-0.2, 0) is 19.6 Å². The van der Waals surface area contributed by atoms with Gasteiger partial charge in [0, 0.05) is 33.1 Å². The van der Waals surface area contributed by atoms with Crippen molar-refractivity contribution >= 4 is 45.0 Å². The van der Waals surface area contributed by atoms with Gasteiger partial charge in [-0.3, -0.25) is 25.3 Å². The fourth-order valence-corrected chi connectivity index (χ4v) is 4.35. The second-order valence-electron chi connectivity index (χ2n) is 5.86. The summed E-state index contributed by atoms with van der Waals surface area (Å²) < 4.78 is 26.8. The van der Waals surface area contributed by atoms with E-state index in [1.54, 1.807) is 6.92 Å². The maximum absolute atomic E-state index is 12.7. The quantitative estimate of drug-likeness (QED) is 0.700. The molecule has 1 heterocycles. The molecule has 1 aromatic rings. The van der Waals surface area contributed by atoms with Crippen molar-refractivity contribution in [2.75, 3.05) is 26.2 Å². The van der Waals surface area contributed by atoms with Gasteiger partial charge >= 0.3 is 0 Å². The Kier molecular flexibility index (Phi) is 6.86. The highest BCUT2D eigenvalue weighted by Crippen LogP contribution is 2.27. The van der Waals surface area contributed by atoms with Gasteiger partial charge in [0.05, 0.1) is 21.0 Å². The minimum Gasteiger partial charge on any atom is -0.290 e. The smallest absolute Gasteiger partial charge is 0.255 e. The van der Waals surface area contributed by atoms with Crippen LogP contribution in [0.25, 0.3) is 0 Å². The van der Waals surface area contributed by atoms with Gasteiger partial charge in [-0.25, -0.2) is 8.42 Å². The number of nitrogens with zero attached hydrogens (tertiary/aromatic N) is 2. The number of sulfonamides is 1. The molecule has 0 spiro atoms. The number of nitrogens with one attached hydrogen (secondary N) is 2. The number of hydrogen-bond donors (Lipinski definition) is 2. The minimum atomic E-state index is -3.69. The molecule has 8 nitrogen and oxygen atoms in total. The molecule has 1 atom stereocenters. The summed E-state index contributed by atoms with van der Waals surface area (Å²) in [5, 5.41) is 0.462. The molecule has 0 bridgehead atoms. The maximum Gasteiger partial charge on any atom is 0.255 e. The third-order valence-electron chi connectivity index (χ3n) is 4.09. The number of piperazine rings is 1. The average molecular weight is 423 g/mol. The van der Waals surface area contributed by atoms with E-state index >= 15 is 0 Å². The highest BCUT2D eigenvalue weighted by molar-refractivity contribution is 7.89. The van der Waals surface area contributed by atoms with E-state index in [-0.39, 0.29) is 39.8 Å². The van der Waals surface area contributed by atoms with E-state index in [2.05, 4.69) is 10.9 Å². The van der Waals surface area contributed by atoms with E-state index < -0.39 is 16.1 Å². The lowest BCUT2D eigenvalue weighted by Gasteiger charge is -2.36. The van der Waals surface area contributed by atoms with Crippen molar-refractivity contribution in [3.8, 4) is 0 Å². The Morgan fingerprint density at radius 1 is 1.08 bits per heavy atom. The lowest BCUT2D eigenvalue weighted by Crippen LogP contribution is -2.56. The minimum absolute atomic E-state index is 0.0804. The molecule has 2 N–H and O–H groups in total. The standard InChI is InChI=1S/C15H20Cl2N4O4S/c1-10(15(23)19-18-11(2)22)20-5-7-21(8-6-20)26(24,25)12-3-4-13(16)14(17)9-12/h3-4,9-10H,5-8H2,1-2H3,(H,18,22)(H,19,23)/t10-/m1/s1. The molecule has 0 aromatic heterocycles. The van der Waals surface area contributed by atoms with Crippen LogP contribution in [0.4, 0.5) is 0 Å². The Bertz CT molecular complexity index is 795. The van der Waals surface area contributed by atoms with Crippen molar-refractivity contribution < 1.29 is 18.0 Å². The van der Waals surface area contributed by atoms with Gasteiger partial charge in [0.1, 0.15) is 0 Å². The van der Waals surface area contributed by atoms with Crippen LogP contribution in [0.5, 0.6) is 0 Å². The number of hydrogen-bond acceptors (Lipinski definition) is 5. The topological polar surface area (TPSA) is 98.8 Å². The van der Waals surface area contributed by atoms with Gasteiger partial charge in [0.15, 0.2) is 0 Å². The van der Waals surface area contributed by atoms with Gasteiger partial charge < -0.3 is 0 Å². The molecule has 1 aliphatic heterocycles. The van der Waals surface area contributed by atoms with E-state index in [1.165, 1.54) is 29.4 Å². The van der Waals surface area contributed by atoms with Crippen LogP contribution >= 0.6 is 23.2 Å². The summed E-state index contributed by atoms with van der Waals surface area (Å²) in [5.41, 5.74) is 4.55. The molecular weight excluding hydrogens is 403 g/mol. The van der Waals surface area contributed by atoms with Crippen molar-refractivity contribution in [2.45, 2.75) is 24.8 Å². The van der Waals surface area contributed by atoms with Crippen molar-refractivity contribution in [2.24, 2.45) is 0 Å². The van der Waals surface area contributed by atoms with Gasteiger partial charge in [0.2, 0.25) is 15.9 Å². The predicted molar refractivity (Wildman–Crippen MR) is 98.2 cm³/mol. The number of carbonyl (C=O) groups is 2. The second-order valence-corrected chi connectivity index (χ2v) is 8.61. The molecular formula is C15H20Cl2N4O4S. The normalized spacial score (nSPS) is 17.5. The van der Waals surface area contributed by atoms with Crippen molar-refractivity contribution in [3.05, 3.63) is 28.2 Å². The molecule has 0 radical (unpaired) electrons. The van der Waals surface area contributed by atoms with Gasteiger partial charge in [0.25, 0.3) is 5.91 Å². The highest BCUT2D eigenvalue weighted by atomic mass is 35.5. The molecule has 144 valence electrons. The number of hydrazine groups is 1. The zero-order valence-electron chi connectivity index (χ0n) is 14.3. The summed E-state index contributed by atoms with van der Waals surface area (Å²) in [6, 6.07) is 3.69. The molecule has 0 unspecified atom stereocenters. The molecule has 0 saturated carbocycles. The summed E-state index contributed by atoms with van der Waals surface area (Å²) in [5.74, 6) is -0.732. The largest absolute Gasteiger partial charge is 0.290 e. The van der Waals surface area contributed by atoms with Gasteiger partial charge in [-0.1, -0.05) is 23.2 Å². The molecule has 0 aliphatic carbocycles. The first kappa shape index (κ1) is 20.9. The molecule has 1 fully saturated rings. The van der Waals surface area contributed by atoms with Gasteiger partial charge in [-0.2, -0.15) is 4.31 Å². The van der Waals surface area contributed by atoms with E-state index in [1.807, 2.05) is 4.90 Å². The third-order valence-corrected chi connectivity index (χ3v) is 6.72. The Labute approximate surface area is 162 Å².